The number of rotatable bonds is 6. The molecular weight excluding hydrogens is 283 g/mol. The van der Waals surface area contributed by atoms with E-state index in [1.54, 1.807) is 0 Å². The van der Waals surface area contributed by atoms with Crippen LogP contribution in [0.3, 0.4) is 0 Å². The van der Waals surface area contributed by atoms with Gasteiger partial charge in [0.05, 0.1) is 17.6 Å². The summed E-state index contributed by atoms with van der Waals surface area (Å²) in [5.74, 6) is -0.144. The Morgan fingerprint density at radius 1 is 1.40 bits per heavy atom. The Morgan fingerprint density at radius 2 is 2.05 bits per heavy atom. The Balaban J connectivity index is 3.23. The lowest BCUT2D eigenvalue weighted by Gasteiger charge is -2.19. The van der Waals surface area contributed by atoms with E-state index in [1.807, 2.05) is 0 Å². The summed E-state index contributed by atoms with van der Waals surface area (Å²) in [5, 5.41) is 19.3. The van der Waals surface area contributed by atoms with Crippen LogP contribution in [0.15, 0.2) is 18.2 Å². The van der Waals surface area contributed by atoms with Crippen LogP contribution in [0.1, 0.15) is 11.7 Å². The Morgan fingerprint density at radius 3 is 2.50 bits per heavy atom. The van der Waals surface area contributed by atoms with E-state index in [0.717, 1.165) is 25.3 Å². The minimum absolute atomic E-state index is 0.144. The van der Waals surface area contributed by atoms with Gasteiger partial charge in [-0.1, -0.05) is 0 Å². The van der Waals surface area contributed by atoms with Crippen LogP contribution in [0.2, 0.25) is 0 Å². The lowest BCUT2D eigenvalue weighted by Crippen LogP contribution is -2.22. The predicted octanol–water partition coefficient (Wildman–Crippen LogP) is 2.22. The molecule has 0 fully saturated rings. The molecule has 0 aliphatic carbocycles. The first kappa shape index (κ1) is 16.2. The Labute approximate surface area is 111 Å². The number of hydrogen-bond donors (Lipinski definition) is 1. The molecule has 20 heavy (non-hydrogen) atoms. The van der Waals surface area contributed by atoms with Gasteiger partial charge < -0.3 is 14.6 Å². The van der Waals surface area contributed by atoms with Crippen LogP contribution in [0.5, 0.6) is 5.75 Å². The fourth-order valence-electron chi connectivity index (χ4n) is 1.57. The minimum atomic E-state index is -4.71. The van der Waals surface area contributed by atoms with Crippen molar-refractivity contribution in [2.75, 3.05) is 20.3 Å². The van der Waals surface area contributed by atoms with Crippen molar-refractivity contribution in [3.05, 3.63) is 33.9 Å². The van der Waals surface area contributed by atoms with Crippen molar-refractivity contribution in [1.82, 2.24) is 0 Å². The molecule has 0 heterocycles. The van der Waals surface area contributed by atoms with Crippen LogP contribution in [-0.2, 0) is 4.74 Å². The van der Waals surface area contributed by atoms with Crippen LogP contribution in [0.25, 0.3) is 0 Å². The van der Waals surface area contributed by atoms with E-state index in [1.165, 1.54) is 0 Å². The van der Waals surface area contributed by atoms with E-state index in [2.05, 4.69) is 4.74 Å². The van der Waals surface area contributed by atoms with Gasteiger partial charge in [0.15, 0.2) is 6.10 Å². The second-order valence-electron chi connectivity index (χ2n) is 3.75. The molecule has 1 rings (SSSR count). The van der Waals surface area contributed by atoms with Crippen molar-refractivity contribution < 1.29 is 32.7 Å². The first-order chi connectivity index (χ1) is 9.29. The molecular formula is C11H12F3NO5. The van der Waals surface area contributed by atoms with Gasteiger partial charge in [-0.3, -0.25) is 10.1 Å². The van der Waals surface area contributed by atoms with Gasteiger partial charge in [-0.25, -0.2) is 0 Å². The second kappa shape index (κ2) is 6.53. The molecule has 0 saturated heterocycles. The third kappa shape index (κ3) is 4.07. The van der Waals surface area contributed by atoms with Crippen LogP contribution >= 0.6 is 0 Å². The number of halogens is 3. The highest BCUT2D eigenvalue weighted by Gasteiger charge is 2.42. The lowest BCUT2D eigenvalue weighted by molar-refractivity contribution is -0.385. The van der Waals surface area contributed by atoms with Gasteiger partial charge in [0.2, 0.25) is 0 Å². The minimum Gasteiger partial charge on any atom is -0.491 e. The van der Waals surface area contributed by atoms with E-state index >= 15 is 0 Å². The first-order valence-corrected chi connectivity index (χ1v) is 5.42. The topological polar surface area (TPSA) is 81.8 Å². The molecule has 112 valence electrons. The molecule has 0 spiro atoms. The van der Waals surface area contributed by atoms with Gasteiger partial charge in [-0.05, 0) is 6.07 Å². The second-order valence-corrected chi connectivity index (χ2v) is 3.75. The van der Waals surface area contributed by atoms with Gasteiger partial charge in [0.1, 0.15) is 12.4 Å². The zero-order valence-electron chi connectivity index (χ0n) is 10.4. The van der Waals surface area contributed by atoms with Crippen LogP contribution in [-0.4, -0.2) is 36.5 Å². The largest absolute Gasteiger partial charge is 0.491 e. The van der Waals surface area contributed by atoms with Gasteiger partial charge in [-0.15, -0.1) is 0 Å². The Bertz CT molecular complexity index is 478. The Kier molecular flexibility index (Phi) is 5.28. The molecule has 0 aromatic heterocycles. The number of methoxy groups -OCH3 is 1. The number of nitrogens with zero attached hydrogens (tertiary/aromatic N) is 1. The van der Waals surface area contributed by atoms with Crippen LogP contribution in [0, 0.1) is 10.1 Å². The molecule has 0 radical (unpaired) electrons. The highest BCUT2D eigenvalue weighted by atomic mass is 19.4. The first-order valence-electron chi connectivity index (χ1n) is 5.42. The molecule has 1 N–H and O–H groups in total. The number of ether oxygens (including phenoxy) is 2. The third-order valence-corrected chi connectivity index (χ3v) is 2.32. The Hall–Kier alpha value is -1.87. The van der Waals surface area contributed by atoms with Crippen molar-refractivity contribution >= 4 is 5.69 Å². The summed E-state index contributed by atoms with van der Waals surface area (Å²) in [5.41, 5.74) is -0.996. The summed E-state index contributed by atoms with van der Waals surface area (Å²) in [6.07, 6.45) is -7.00. The zero-order valence-corrected chi connectivity index (χ0v) is 10.4. The SMILES string of the molecule is COC(c1cc(OCCO)cc([N+](=O)[O-])c1)C(F)(F)F. The monoisotopic (exact) mass is 295 g/mol. The van der Waals surface area contributed by atoms with Crippen molar-refractivity contribution in [2.24, 2.45) is 0 Å². The number of non-ortho nitro benzene ring substituents is 1. The smallest absolute Gasteiger partial charge is 0.418 e. The molecule has 0 amide bonds. The van der Waals surface area contributed by atoms with E-state index in [4.69, 9.17) is 9.84 Å². The van der Waals surface area contributed by atoms with Crippen molar-refractivity contribution in [3.63, 3.8) is 0 Å². The number of benzene rings is 1. The average molecular weight is 295 g/mol. The van der Waals surface area contributed by atoms with Gasteiger partial charge >= 0.3 is 6.18 Å². The molecule has 1 unspecified atom stereocenters. The molecule has 9 heteroatoms. The van der Waals surface area contributed by atoms with Crippen molar-refractivity contribution in [1.29, 1.82) is 0 Å². The number of aliphatic hydroxyl groups excluding tert-OH is 1. The van der Waals surface area contributed by atoms with E-state index < -0.39 is 28.5 Å². The highest BCUT2D eigenvalue weighted by Crippen LogP contribution is 2.38. The molecule has 0 saturated carbocycles. The maximum absolute atomic E-state index is 12.7. The van der Waals surface area contributed by atoms with Crippen LogP contribution < -0.4 is 4.74 Å². The molecule has 0 aliphatic heterocycles. The van der Waals surface area contributed by atoms with Gasteiger partial charge in [0.25, 0.3) is 5.69 Å². The van der Waals surface area contributed by atoms with E-state index in [-0.39, 0.29) is 19.0 Å². The van der Waals surface area contributed by atoms with E-state index in [9.17, 15) is 23.3 Å². The van der Waals surface area contributed by atoms with Gasteiger partial charge in [-0.2, -0.15) is 13.2 Å². The van der Waals surface area contributed by atoms with Crippen LogP contribution in [0.4, 0.5) is 18.9 Å². The average Bonchev–Trinajstić information content (AvgIpc) is 2.35. The fourth-order valence-corrected chi connectivity index (χ4v) is 1.57. The predicted molar refractivity (Wildman–Crippen MR) is 61.5 cm³/mol. The summed E-state index contributed by atoms with van der Waals surface area (Å²) in [7, 11) is 0.852. The maximum atomic E-state index is 12.7. The number of nitro benzene ring substituents is 1. The van der Waals surface area contributed by atoms with Gasteiger partial charge in [0, 0.05) is 18.7 Å². The quantitative estimate of drug-likeness (QED) is 0.642. The molecule has 6 nitrogen and oxygen atoms in total. The number of nitro groups is 1. The normalized spacial score (nSPS) is 13.1. The fraction of sp³-hybridized carbons (Fsp3) is 0.455. The summed E-state index contributed by atoms with van der Waals surface area (Å²) in [6, 6.07) is 2.74. The molecule has 1 atom stereocenters. The zero-order chi connectivity index (χ0) is 15.3. The summed E-state index contributed by atoms with van der Waals surface area (Å²) < 4.78 is 47.5. The van der Waals surface area contributed by atoms with Crippen molar-refractivity contribution in [2.45, 2.75) is 12.3 Å². The molecule has 0 aliphatic rings. The van der Waals surface area contributed by atoms with Crippen molar-refractivity contribution in [3.8, 4) is 5.75 Å². The number of hydrogen-bond acceptors (Lipinski definition) is 5. The summed E-state index contributed by atoms with van der Waals surface area (Å²) in [6.45, 7) is -0.560. The summed E-state index contributed by atoms with van der Waals surface area (Å²) >= 11 is 0. The summed E-state index contributed by atoms with van der Waals surface area (Å²) in [4.78, 5) is 9.88. The lowest BCUT2D eigenvalue weighted by atomic mass is 10.1. The molecule has 1 aromatic carbocycles. The number of aliphatic hydroxyl groups is 1. The maximum Gasteiger partial charge on any atom is 0.418 e. The number of alkyl halides is 3. The molecule has 0 bridgehead atoms. The third-order valence-electron chi connectivity index (χ3n) is 2.32. The highest BCUT2D eigenvalue weighted by molar-refractivity contribution is 5.44. The standard InChI is InChI=1S/C11H12F3NO5/c1-19-10(11(12,13)14)7-4-8(15(17)18)6-9(5-7)20-3-2-16/h4-6,10,16H,2-3H2,1H3. The molecule has 1 aromatic rings. The van der Waals surface area contributed by atoms with E-state index in [0.29, 0.717) is 0 Å².